The summed E-state index contributed by atoms with van der Waals surface area (Å²) in [7, 11) is 0. The Morgan fingerprint density at radius 1 is 1.12 bits per heavy atom. The summed E-state index contributed by atoms with van der Waals surface area (Å²) in [6.07, 6.45) is 6.87. The fourth-order valence-electron chi connectivity index (χ4n) is 2.71. The van der Waals surface area contributed by atoms with Crippen molar-refractivity contribution in [3.63, 3.8) is 0 Å². The fraction of sp³-hybridized carbons (Fsp3) is 0.571. The molecule has 2 heteroatoms. The highest BCUT2D eigenvalue weighted by Gasteiger charge is 2.19. The molecule has 0 atom stereocenters. The smallest absolute Gasteiger partial charge is 0.0370 e. The molecule has 0 amide bonds. The number of nitrogens with two attached hydrogens (primary N) is 1. The maximum Gasteiger partial charge on any atom is 0.0370 e. The van der Waals surface area contributed by atoms with Crippen LogP contribution in [0.2, 0.25) is 0 Å². The summed E-state index contributed by atoms with van der Waals surface area (Å²) in [6.45, 7) is 3.33. The molecule has 0 bridgehead atoms. The molecular weight excluding hydrogens is 196 g/mol. The van der Waals surface area contributed by atoms with E-state index in [1.807, 2.05) is 12.1 Å². The molecule has 1 fully saturated rings. The van der Waals surface area contributed by atoms with E-state index >= 15 is 0 Å². The second-order valence-corrected chi connectivity index (χ2v) is 4.67. The third-order valence-corrected chi connectivity index (χ3v) is 3.58. The first-order chi connectivity index (χ1) is 7.81. The van der Waals surface area contributed by atoms with Crippen LogP contribution in [0.1, 0.15) is 39.0 Å². The molecule has 0 radical (unpaired) electrons. The lowest BCUT2D eigenvalue weighted by atomic mass is 9.94. The van der Waals surface area contributed by atoms with Crippen molar-refractivity contribution in [2.75, 3.05) is 17.2 Å². The minimum atomic E-state index is 0.738. The van der Waals surface area contributed by atoms with E-state index in [0.29, 0.717) is 0 Å². The van der Waals surface area contributed by atoms with E-state index in [4.69, 9.17) is 5.73 Å². The molecule has 2 nitrogen and oxygen atoms in total. The molecule has 16 heavy (non-hydrogen) atoms. The molecule has 2 N–H and O–H groups in total. The molecular formula is C14H22N2. The summed E-state index contributed by atoms with van der Waals surface area (Å²) in [5, 5.41) is 0. The van der Waals surface area contributed by atoms with Gasteiger partial charge in [-0.3, -0.25) is 0 Å². The van der Waals surface area contributed by atoms with Crippen LogP contribution in [-0.4, -0.2) is 12.6 Å². The van der Waals surface area contributed by atoms with E-state index in [1.54, 1.807) is 0 Å². The Labute approximate surface area is 98.4 Å². The van der Waals surface area contributed by atoms with Crippen LogP contribution < -0.4 is 10.6 Å². The first-order valence-electron chi connectivity index (χ1n) is 6.43. The van der Waals surface area contributed by atoms with Crippen LogP contribution in [0.3, 0.4) is 0 Å². The topological polar surface area (TPSA) is 29.3 Å². The number of nitrogen functional groups attached to an aromatic ring is 1. The lowest BCUT2D eigenvalue weighted by Crippen LogP contribution is -2.36. The number of benzene rings is 1. The van der Waals surface area contributed by atoms with Crippen LogP contribution in [0, 0.1) is 0 Å². The van der Waals surface area contributed by atoms with Crippen molar-refractivity contribution in [2.45, 2.75) is 45.1 Å². The molecule has 88 valence electrons. The summed E-state index contributed by atoms with van der Waals surface area (Å²) in [6, 6.07) is 9.03. The fourth-order valence-corrected chi connectivity index (χ4v) is 2.71. The van der Waals surface area contributed by atoms with Crippen LogP contribution >= 0.6 is 0 Å². The normalized spacial score (nSPS) is 17.3. The van der Waals surface area contributed by atoms with Crippen LogP contribution in [-0.2, 0) is 0 Å². The molecule has 1 aliphatic rings. The summed E-state index contributed by atoms with van der Waals surface area (Å²) >= 11 is 0. The monoisotopic (exact) mass is 218 g/mol. The summed E-state index contributed by atoms with van der Waals surface area (Å²) in [5.41, 5.74) is 7.90. The summed E-state index contributed by atoms with van der Waals surface area (Å²) < 4.78 is 0. The molecule has 0 unspecified atom stereocenters. The van der Waals surface area contributed by atoms with Gasteiger partial charge in [-0.15, -0.1) is 0 Å². The quantitative estimate of drug-likeness (QED) is 0.788. The van der Waals surface area contributed by atoms with Crippen molar-refractivity contribution >= 4 is 11.4 Å². The second kappa shape index (κ2) is 5.24. The minimum Gasteiger partial charge on any atom is -0.399 e. The van der Waals surface area contributed by atoms with Crippen molar-refractivity contribution in [1.29, 1.82) is 0 Å². The molecule has 0 aliphatic heterocycles. The van der Waals surface area contributed by atoms with Gasteiger partial charge in [0, 0.05) is 24.0 Å². The standard InChI is InChI=1S/C14H22N2/c1-2-16(13-6-4-3-5-7-13)14-10-8-12(15)9-11-14/h8-11,13H,2-7,15H2,1H3. The van der Waals surface area contributed by atoms with Gasteiger partial charge in [0.05, 0.1) is 0 Å². The van der Waals surface area contributed by atoms with Crippen LogP contribution in [0.5, 0.6) is 0 Å². The van der Waals surface area contributed by atoms with Crippen LogP contribution in [0.25, 0.3) is 0 Å². The molecule has 1 aromatic carbocycles. The molecule has 1 aromatic rings. The Balaban J connectivity index is 2.11. The SMILES string of the molecule is CCN(c1ccc(N)cc1)C1CCCCC1. The second-order valence-electron chi connectivity index (χ2n) is 4.67. The molecule has 1 saturated carbocycles. The summed E-state index contributed by atoms with van der Waals surface area (Å²) in [4.78, 5) is 2.53. The maximum atomic E-state index is 5.73. The molecule has 0 saturated heterocycles. The third kappa shape index (κ3) is 2.49. The Morgan fingerprint density at radius 3 is 2.31 bits per heavy atom. The van der Waals surface area contributed by atoms with Gasteiger partial charge in [0.25, 0.3) is 0 Å². The van der Waals surface area contributed by atoms with Crippen LogP contribution in [0.4, 0.5) is 11.4 Å². The summed E-state index contributed by atoms with van der Waals surface area (Å²) in [5.74, 6) is 0. The van der Waals surface area contributed by atoms with Gasteiger partial charge in [0.2, 0.25) is 0 Å². The Morgan fingerprint density at radius 2 is 1.75 bits per heavy atom. The Kier molecular flexibility index (Phi) is 3.70. The first kappa shape index (κ1) is 11.3. The first-order valence-corrected chi connectivity index (χ1v) is 6.43. The predicted octanol–water partition coefficient (Wildman–Crippen LogP) is 3.43. The lowest BCUT2D eigenvalue weighted by Gasteiger charge is -2.35. The molecule has 0 heterocycles. The molecule has 0 spiro atoms. The molecule has 2 rings (SSSR count). The van der Waals surface area contributed by atoms with Gasteiger partial charge in [-0.05, 0) is 44.0 Å². The van der Waals surface area contributed by atoms with Crippen molar-refractivity contribution < 1.29 is 0 Å². The van der Waals surface area contributed by atoms with Crippen LogP contribution in [0.15, 0.2) is 24.3 Å². The van der Waals surface area contributed by atoms with Gasteiger partial charge in [0.1, 0.15) is 0 Å². The van der Waals surface area contributed by atoms with E-state index in [-0.39, 0.29) is 0 Å². The Hall–Kier alpha value is -1.18. The van der Waals surface area contributed by atoms with Gasteiger partial charge in [0.15, 0.2) is 0 Å². The molecule has 0 aromatic heterocycles. The van der Waals surface area contributed by atoms with Gasteiger partial charge < -0.3 is 10.6 Å². The van der Waals surface area contributed by atoms with E-state index in [2.05, 4.69) is 24.0 Å². The highest BCUT2D eigenvalue weighted by molar-refractivity contribution is 5.53. The van der Waals surface area contributed by atoms with E-state index in [9.17, 15) is 0 Å². The van der Waals surface area contributed by atoms with Crippen molar-refractivity contribution in [2.24, 2.45) is 0 Å². The van der Waals surface area contributed by atoms with E-state index in [0.717, 1.165) is 18.3 Å². The molecule has 1 aliphatic carbocycles. The van der Waals surface area contributed by atoms with Gasteiger partial charge >= 0.3 is 0 Å². The predicted molar refractivity (Wildman–Crippen MR) is 70.7 cm³/mol. The average Bonchev–Trinajstić information content (AvgIpc) is 2.34. The van der Waals surface area contributed by atoms with Crippen molar-refractivity contribution in [3.8, 4) is 0 Å². The third-order valence-electron chi connectivity index (χ3n) is 3.58. The van der Waals surface area contributed by atoms with E-state index < -0.39 is 0 Å². The van der Waals surface area contributed by atoms with E-state index in [1.165, 1.54) is 37.8 Å². The number of nitrogens with zero attached hydrogens (tertiary/aromatic N) is 1. The highest BCUT2D eigenvalue weighted by Crippen LogP contribution is 2.27. The van der Waals surface area contributed by atoms with Crippen molar-refractivity contribution in [3.05, 3.63) is 24.3 Å². The Bertz CT molecular complexity index is 312. The highest BCUT2D eigenvalue weighted by atomic mass is 15.2. The number of hydrogen-bond donors (Lipinski definition) is 1. The number of hydrogen-bond acceptors (Lipinski definition) is 2. The lowest BCUT2D eigenvalue weighted by molar-refractivity contribution is 0.418. The minimum absolute atomic E-state index is 0.738. The van der Waals surface area contributed by atoms with Gasteiger partial charge in [-0.25, -0.2) is 0 Å². The largest absolute Gasteiger partial charge is 0.399 e. The number of anilines is 2. The van der Waals surface area contributed by atoms with Crippen molar-refractivity contribution in [1.82, 2.24) is 0 Å². The average molecular weight is 218 g/mol. The number of rotatable bonds is 3. The zero-order chi connectivity index (χ0) is 11.4. The van der Waals surface area contributed by atoms with Gasteiger partial charge in [-0.2, -0.15) is 0 Å². The maximum absolute atomic E-state index is 5.73. The van der Waals surface area contributed by atoms with Gasteiger partial charge in [-0.1, -0.05) is 19.3 Å². The zero-order valence-corrected chi connectivity index (χ0v) is 10.2. The zero-order valence-electron chi connectivity index (χ0n) is 10.2.